The van der Waals surface area contributed by atoms with Gasteiger partial charge in [0.05, 0.1) is 27.9 Å². The second-order valence-electron chi connectivity index (χ2n) is 12.2. The molecule has 7 aromatic carbocycles. The van der Waals surface area contributed by atoms with Gasteiger partial charge in [0.1, 0.15) is 5.58 Å². The van der Waals surface area contributed by atoms with Crippen LogP contribution in [0.2, 0.25) is 0 Å². The number of nitrogens with zero attached hydrogens (tertiary/aromatic N) is 3. The number of aromatic nitrogens is 3. The molecule has 0 fully saturated rings. The molecule has 0 N–H and O–H groups in total. The minimum absolute atomic E-state index is 0.673. The summed E-state index contributed by atoms with van der Waals surface area (Å²) in [6.45, 7) is 0. The lowest BCUT2D eigenvalue weighted by Gasteiger charge is -2.11. The fraction of sp³-hybridized carbons (Fsp3) is 0. The molecule has 0 aliphatic rings. The molecule has 48 heavy (non-hydrogen) atoms. The molecule has 0 unspecified atom stereocenters. The van der Waals surface area contributed by atoms with Gasteiger partial charge in [0.2, 0.25) is 0 Å². The molecule has 0 bridgehead atoms. The van der Waals surface area contributed by atoms with Gasteiger partial charge in [-0.25, -0.2) is 9.97 Å². The van der Waals surface area contributed by atoms with E-state index in [0.29, 0.717) is 5.82 Å². The van der Waals surface area contributed by atoms with E-state index in [1.54, 1.807) is 0 Å². The molecule has 0 saturated heterocycles. The highest BCUT2D eigenvalue weighted by molar-refractivity contribution is 6.16. The lowest BCUT2D eigenvalue weighted by Crippen LogP contribution is -1.96. The van der Waals surface area contributed by atoms with Crippen molar-refractivity contribution in [3.8, 4) is 39.5 Å². The molecule has 0 aliphatic heterocycles. The minimum atomic E-state index is 0.673. The molecule has 4 nitrogen and oxygen atoms in total. The van der Waals surface area contributed by atoms with E-state index in [2.05, 4.69) is 138 Å². The number of hydrogen-bond acceptors (Lipinski definition) is 3. The van der Waals surface area contributed by atoms with E-state index >= 15 is 0 Å². The molecule has 0 spiro atoms. The van der Waals surface area contributed by atoms with Gasteiger partial charge in [0.25, 0.3) is 0 Å². The molecule has 0 aliphatic carbocycles. The quantitative estimate of drug-likeness (QED) is 0.198. The van der Waals surface area contributed by atoms with Gasteiger partial charge in [0.15, 0.2) is 11.4 Å². The largest absolute Gasteiger partial charge is 0.454 e. The second kappa shape index (κ2) is 10.5. The van der Waals surface area contributed by atoms with E-state index in [9.17, 15) is 0 Å². The third kappa shape index (κ3) is 4.03. The molecule has 0 saturated carbocycles. The Morgan fingerprint density at radius 3 is 1.81 bits per heavy atom. The van der Waals surface area contributed by atoms with E-state index in [1.165, 1.54) is 21.9 Å². The molecular formula is C44H27N3O. The molecular weight excluding hydrogens is 587 g/mol. The molecule has 10 aromatic rings. The summed E-state index contributed by atoms with van der Waals surface area (Å²) < 4.78 is 9.07. The van der Waals surface area contributed by atoms with Crippen LogP contribution in [0.3, 0.4) is 0 Å². The Labute approximate surface area is 276 Å². The Bertz CT molecular complexity index is 2770. The van der Waals surface area contributed by atoms with Crippen LogP contribution in [0.1, 0.15) is 0 Å². The van der Waals surface area contributed by atoms with Gasteiger partial charge < -0.3 is 8.98 Å². The average molecular weight is 614 g/mol. The maximum absolute atomic E-state index is 6.75. The van der Waals surface area contributed by atoms with Crippen LogP contribution in [0.25, 0.3) is 94.1 Å². The molecule has 0 amide bonds. The first-order chi connectivity index (χ1) is 23.8. The van der Waals surface area contributed by atoms with Crippen LogP contribution in [0.5, 0.6) is 0 Å². The predicted octanol–water partition coefficient (Wildman–Crippen LogP) is 11.6. The van der Waals surface area contributed by atoms with Crippen molar-refractivity contribution in [1.29, 1.82) is 0 Å². The number of hydrogen-bond donors (Lipinski definition) is 0. The SMILES string of the molecule is c1ccc(-c2ccc(-c3nc(-c4cccc5oc6c(-n7c8ccccc8c8ccccc87)cccc6c45)nc4ccccc34)cc2)cc1. The van der Waals surface area contributed by atoms with Crippen molar-refractivity contribution in [2.45, 2.75) is 0 Å². The third-order valence-corrected chi connectivity index (χ3v) is 9.43. The summed E-state index contributed by atoms with van der Waals surface area (Å²) in [5.74, 6) is 0.673. The number of furan rings is 1. The zero-order chi connectivity index (χ0) is 31.6. The Balaban J connectivity index is 1.19. The lowest BCUT2D eigenvalue weighted by atomic mass is 10.0. The first-order valence-electron chi connectivity index (χ1n) is 16.2. The van der Waals surface area contributed by atoms with E-state index in [-0.39, 0.29) is 0 Å². The predicted molar refractivity (Wildman–Crippen MR) is 197 cm³/mol. The van der Waals surface area contributed by atoms with Crippen molar-refractivity contribution in [2.24, 2.45) is 0 Å². The summed E-state index contributed by atoms with van der Waals surface area (Å²) in [5.41, 5.74) is 11.1. The average Bonchev–Trinajstić information content (AvgIpc) is 3.71. The van der Waals surface area contributed by atoms with Crippen molar-refractivity contribution in [3.63, 3.8) is 0 Å². The van der Waals surface area contributed by atoms with E-state index in [1.807, 2.05) is 30.3 Å². The highest BCUT2D eigenvalue weighted by Crippen LogP contribution is 2.41. The number of rotatable bonds is 4. The van der Waals surface area contributed by atoms with Crippen molar-refractivity contribution in [1.82, 2.24) is 14.5 Å². The summed E-state index contributed by atoms with van der Waals surface area (Å²) in [6.07, 6.45) is 0. The molecule has 3 heterocycles. The summed E-state index contributed by atoms with van der Waals surface area (Å²) >= 11 is 0. The molecule has 4 heteroatoms. The van der Waals surface area contributed by atoms with Crippen LogP contribution in [-0.4, -0.2) is 14.5 Å². The zero-order valence-electron chi connectivity index (χ0n) is 25.8. The fourth-order valence-corrected chi connectivity index (χ4v) is 7.25. The third-order valence-electron chi connectivity index (χ3n) is 9.43. The van der Waals surface area contributed by atoms with Crippen LogP contribution in [0.15, 0.2) is 168 Å². The van der Waals surface area contributed by atoms with Crippen molar-refractivity contribution < 1.29 is 4.42 Å². The van der Waals surface area contributed by atoms with Gasteiger partial charge >= 0.3 is 0 Å². The maximum Gasteiger partial charge on any atom is 0.161 e. The topological polar surface area (TPSA) is 43.9 Å². The fourth-order valence-electron chi connectivity index (χ4n) is 7.25. The molecule has 0 radical (unpaired) electrons. The Kier molecular flexibility index (Phi) is 5.84. The number of fused-ring (bicyclic) bond motifs is 7. The Morgan fingerprint density at radius 1 is 0.438 bits per heavy atom. The number of para-hydroxylation sites is 4. The maximum atomic E-state index is 6.75. The first kappa shape index (κ1) is 26.7. The monoisotopic (exact) mass is 613 g/mol. The minimum Gasteiger partial charge on any atom is -0.454 e. The summed E-state index contributed by atoms with van der Waals surface area (Å²) in [4.78, 5) is 10.4. The van der Waals surface area contributed by atoms with Gasteiger partial charge in [-0.1, -0.05) is 133 Å². The van der Waals surface area contributed by atoms with Gasteiger partial charge in [-0.05, 0) is 41.5 Å². The highest BCUT2D eigenvalue weighted by Gasteiger charge is 2.21. The zero-order valence-corrected chi connectivity index (χ0v) is 25.8. The van der Waals surface area contributed by atoms with Crippen LogP contribution >= 0.6 is 0 Å². The van der Waals surface area contributed by atoms with E-state index in [0.717, 1.165) is 66.4 Å². The van der Waals surface area contributed by atoms with Crippen LogP contribution in [-0.2, 0) is 0 Å². The van der Waals surface area contributed by atoms with E-state index in [4.69, 9.17) is 14.4 Å². The second-order valence-corrected chi connectivity index (χ2v) is 12.2. The number of benzene rings is 7. The summed E-state index contributed by atoms with van der Waals surface area (Å²) in [7, 11) is 0. The molecule has 224 valence electrons. The Hall–Kier alpha value is -6.52. The van der Waals surface area contributed by atoms with Crippen LogP contribution in [0, 0.1) is 0 Å². The van der Waals surface area contributed by atoms with Crippen molar-refractivity contribution >= 4 is 54.6 Å². The molecule has 10 rings (SSSR count). The van der Waals surface area contributed by atoms with Gasteiger partial charge in [-0.15, -0.1) is 0 Å². The standard InChI is InChI=1S/C44H27N3O/c1-2-12-28(13-3-1)29-24-26-30(27-25-29)42-33-16-4-7-19-36(33)45-44(46-42)35-18-11-23-40-41(35)34-17-10-22-39(43(34)48-40)47-37-20-8-5-14-31(37)32-15-6-9-21-38(32)47/h1-27H. The lowest BCUT2D eigenvalue weighted by molar-refractivity contribution is 0.666. The van der Waals surface area contributed by atoms with Crippen molar-refractivity contribution in [2.75, 3.05) is 0 Å². The normalized spacial score (nSPS) is 11.8. The summed E-state index contributed by atoms with van der Waals surface area (Å²) in [6, 6.07) is 57.1. The first-order valence-corrected chi connectivity index (χ1v) is 16.2. The van der Waals surface area contributed by atoms with Gasteiger partial charge in [-0.3, -0.25) is 0 Å². The smallest absolute Gasteiger partial charge is 0.161 e. The van der Waals surface area contributed by atoms with Crippen LogP contribution < -0.4 is 0 Å². The van der Waals surface area contributed by atoms with Crippen molar-refractivity contribution in [3.05, 3.63) is 164 Å². The molecule has 0 atom stereocenters. The summed E-state index contributed by atoms with van der Waals surface area (Å²) in [5, 5.41) is 5.50. The van der Waals surface area contributed by atoms with Crippen LogP contribution in [0.4, 0.5) is 0 Å². The Morgan fingerprint density at radius 2 is 1.04 bits per heavy atom. The highest BCUT2D eigenvalue weighted by atomic mass is 16.3. The molecule has 3 aromatic heterocycles. The van der Waals surface area contributed by atoms with Gasteiger partial charge in [0, 0.05) is 38.1 Å². The van der Waals surface area contributed by atoms with Gasteiger partial charge in [-0.2, -0.15) is 0 Å². The van der Waals surface area contributed by atoms with E-state index < -0.39 is 0 Å².